The van der Waals surface area contributed by atoms with Gasteiger partial charge in [-0.1, -0.05) is 49.0 Å². The summed E-state index contributed by atoms with van der Waals surface area (Å²) in [6, 6.07) is 7.39. The molecular formula is C13H13F3OS. The fourth-order valence-corrected chi connectivity index (χ4v) is 2.12. The summed E-state index contributed by atoms with van der Waals surface area (Å²) < 4.78 is 39.1. The van der Waals surface area contributed by atoms with Crippen molar-refractivity contribution in [3.63, 3.8) is 0 Å². The molecule has 98 valence electrons. The molecule has 0 N–H and O–H groups in total. The second-order valence-electron chi connectivity index (χ2n) is 3.58. The van der Waals surface area contributed by atoms with Gasteiger partial charge in [-0.25, -0.2) is 0 Å². The van der Waals surface area contributed by atoms with Crippen LogP contribution in [0.25, 0.3) is 5.57 Å². The van der Waals surface area contributed by atoms with E-state index in [0.717, 1.165) is 11.8 Å². The first-order valence-electron chi connectivity index (χ1n) is 5.38. The Bertz CT molecular complexity index is 449. The zero-order valence-corrected chi connectivity index (χ0v) is 10.9. The van der Waals surface area contributed by atoms with Crippen LogP contribution in [0.15, 0.2) is 35.9 Å². The monoisotopic (exact) mass is 274 g/mol. The van der Waals surface area contributed by atoms with Gasteiger partial charge in [0, 0.05) is 5.57 Å². The predicted molar refractivity (Wildman–Crippen MR) is 68.2 cm³/mol. The first kappa shape index (κ1) is 14.8. The molecule has 0 bridgehead atoms. The molecule has 1 aromatic carbocycles. The van der Waals surface area contributed by atoms with E-state index >= 15 is 0 Å². The summed E-state index contributed by atoms with van der Waals surface area (Å²) in [5.41, 5.74) is -1.08. The summed E-state index contributed by atoms with van der Waals surface area (Å²) in [6.45, 7) is 2.95. The average Bonchev–Trinajstić information content (AvgIpc) is 2.29. The Morgan fingerprint density at radius 2 is 1.78 bits per heavy atom. The molecule has 0 aliphatic carbocycles. The van der Waals surface area contributed by atoms with Crippen LogP contribution < -0.4 is 0 Å². The van der Waals surface area contributed by atoms with Gasteiger partial charge in [0.15, 0.2) is 0 Å². The van der Waals surface area contributed by atoms with E-state index in [4.69, 9.17) is 0 Å². The third-order valence-corrected chi connectivity index (χ3v) is 3.16. The smallest absolute Gasteiger partial charge is 0.282 e. The lowest BCUT2D eigenvalue weighted by Gasteiger charge is -2.15. The van der Waals surface area contributed by atoms with Gasteiger partial charge in [0.05, 0.1) is 5.57 Å². The van der Waals surface area contributed by atoms with Crippen molar-refractivity contribution >= 4 is 22.5 Å². The summed E-state index contributed by atoms with van der Waals surface area (Å²) in [5.74, 6) is 0.454. The van der Waals surface area contributed by atoms with Gasteiger partial charge >= 0.3 is 6.18 Å². The minimum Gasteiger partial charge on any atom is -0.282 e. The quantitative estimate of drug-likeness (QED) is 0.764. The van der Waals surface area contributed by atoms with E-state index < -0.39 is 16.9 Å². The van der Waals surface area contributed by atoms with Crippen molar-refractivity contribution in [2.75, 3.05) is 5.75 Å². The maximum atomic E-state index is 13.0. The average molecular weight is 274 g/mol. The van der Waals surface area contributed by atoms with E-state index in [2.05, 4.69) is 0 Å². The zero-order chi connectivity index (χ0) is 13.8. The van der Waals surface area contributed by atoms with Crippen LogP contribution in [0.5, 0.6) is 0 Å². The molecule has 18 heavy (non-hydrogen) atoms. The van der Waals surface area contributed by atoms with E-state index in [1.807, 2.05) is 0 Å². The van der Waals surface area contributed by atoms with E-state index in [1.54, 1.807) is 13.0 Å². The maximum Gasteiger partial charge on any atom is 0.417 e. The van der Waals surface area contributed by atoms with Crippen molar-refractivity contribution in [1.29, 1.82) is 0 Å². The van der Waals surface area contributed by atoms with Crippen molar-refractivity contribution in [3.05, 3.63) is 41.5 Å². The Morgan fingerprint density at radius 3 is 2.22 bits per heavy atom. The summed E-state index contributed by atoms with van der Waals surface area (Å²) >= 11 is 0.882. The third-order valence-electron chi connectivity index (χ3n) is 2.30. The molecule has 5 heteroatoms. The first-order chi connectivity index (χ1) is 8.38. The highest BCUT2D eigenvalue weighted by molar-refractivity contribution is 8.14. The number of hydrogen-bond acceptors (Lipinski definition) is 2. The first-order valence-corrected chi connectivity index (χ1v) is 6.37. The highest BCUT2D eigenvalue weighted by Gasteiger charge is 2.37. The maximum absolute atomic E-state index is 13.0. The second-order valence-corrected chi connectivity index (χ2v) is 4.82. The van der Waals surface area contributed by atoms with Crippen LogP contribution in [0.4, 0.5) is 13.2 Å². The lowest BCUT2D eigenvalue weighted by atomic mass is 10.0. The number of alkyl halides is 3. The minimum atomic E-state index is -4.53. The number of carbonyl (C=O) groups excluding carboxylic acids is 1. The molecule has 0 aliphatic rings. The largest absolute Gasteiger partial charge is 0.417 e. The Hall–Kier alpha value is -1.23. The Balaban J connectivity index is 3.31. The number of allylic oxidation sites excluding steroid dienone is 1. The van der Waals surface area contributed by atoms with Crippen LogP contribution in [0.2, 0.25) is 0 Å². The fourth-order valence-electron chi connectivity index (χ4n) is 1.54. The number of benzene rings is 1. The molecule has 1 nitrogen and oxygen atoms in total. The fraction of sp³-hybridized carbons (Fsp3) is 0.308. The van der Waals surface area contributed by atoms with E-state index in [0.29, 0.717) is 5.75 Å². The van der Waals surface area contributed by atoms with Crippen LogP contribution >= 0.6 is 11.8 Å². The van der Waals surface area contributed by atoms with Gasteiger partial charge in [-0.3, -0.25) is 4.79 Å². The standard InChI is InChI=1S/C13H13F3OS/c1-3-18-12(17)9(2)11(13(14,15)16)10-7-5-4-6-8-10/h4-8H,3H2,1-2H3/b11-9-. The molecule has 0 atom stereocenters. The van der Waals surface area contributed by atoms with E-state index in [9.17, 15) is 18.0 Å². The van der Waals surface area contributed by atoms with Gasteiger partial charge in [0.25, 0.3) is 0 Å². The molecule has 0 aliphatic heterocycles. The third kappa shape index (κ3) is 3.63. The molecule has 0 radical (unpaired) electrons. The molecule has 0 saturated heterocycles. The molecule has 0 aromatic heterocycles. The van der Waals surface area contributed by atoms with Crippen molar-refractivity contribution < 1.29 is 18.0 Å². The molecule has 0 spiro atoms. The number of carbonyl (C=O) groups is 1. The molecule has 0 amide bonds. The van der Waals surface area contributed by atoms with E-state index in [1.165, 1.54) is 31.2 Å². The summed E-state index contributed by atoms with van der Waals surface area (Å²) in [6.07, 6.45) is -4.53. The van der Waals surface area contributed by atoms with Gasteiger partial charge in [-0.05, 0) is 18.2 Å². The summed E-state index contributed by atoms with van der Waals surface area (Å²) in [5, 5.41) is -0.534. The number of thioether (sulfide) groups is 1. The predicted octanol–water partition coefficient (Wildman–Crippen LogP) is 4.30. The van der Waals surface area contributed by atoms with Crippen molar-refractivity contribution in [1.82, 2.24) is 0 Å². The molecule has 0 fully saturated rings. The van der Waals surface area contributed by atoms with Crippen molar-refractivity contribution in [2.24, 2.45) is 0 Å². The van der Waals surface area contributed by atoms with Gasteiger partial charge in [-0.2, -0.15) is 13.2 Å². The number of rotatable bonds is 3. The minimum absolute atomic E-state index is 0.0209. The molecule has 0 heterocycles. The van der Waals surface area contributed by atoms with Gasteiger partial charge in [-0.15, -0.1) is 0 Å². The molecule has 1 aromatic rings. The van der Waals surface area contributed by atoms with Crippen LogP contribution in [-0.4, -0.2) is 17.0 Å². The second kappa shape index (κ2) is 6.09. The summed E-state index contributed by atoms with van der Waals surface area (Å²) in [7, 11) is 0. The Kier molecular flexibility index (Phi) is 5.02. The molecule has 0 saturated carbocycles. The SMILES string of the molecule is CCSC(=O)/C(C)=C(/c1ccccc1)C(F)(F)F. The van der Waals surface area contributed by atoms with Crippen LogP contribution in [0, 0.1) is 0 Å². The van der Waals surface area contributed by atoms with Crippen LogP contribution in [0.3, 0.4) is 0 Å². The lowest BCUT2D eigenvalue weighted by Crippen LogP contribution is -2.15. The Labute approximate surface area is 108 Å². The highest BCUT2D eigenvalue weighted by Crippen LogP contribution is 2.37. The van der Waals surface area contributed by atoms with Crippen LogP contribution in [0.1, 0.15) is 19.4 Å². The summed E-state index contributed by atoms with van der Waals surface area (Å²) in [4.78, 5) is 11.6. The van der Waals surface area contributed by atoms with Gasteiger partial charge in [0.1, 0.15) is 0 Å². The zero-order valence-electron chi connectivity index (χ0n) is 10.0. The van der Waals surface area contributed by atoms with Gasteiger partial charge in [0.2, 0.25) is 5.12 Å². The highest BCUT2D eigenvalue weighted by atomic mass is 32.2. The number of halogens is 3. The molecule has 0 unspecified atom stereocenters. The van der Waals surface area contributed by atoms with Crippen molar-refractivity contribution in [3.8, 4) is 0 Å². The molecule has 1 rings (SSSR count). The van der Waals surface area contributed by atoms with Gasteiger partial charge < -0.3 is 0 Å². The molecular weight excluding hydrogens is 261 g/mol. The van der Waals surface area contributed by atoms with E-state index in [-0.39, 0.29) is 11.1 Å². The topological polar surface area (TPSA) is 17.1 Å². The lowest BCUT2D eigenvalue weighted by molar-refractivity contribution is -0.108. The number of hydrogen-bond donors (Lipinski definition) is 0. The van der Waals surface area contributed by atoms with Crippen LogP contribution in [-0.2, 0) is 4.79 Å². The van der Waals surface area contributed by atoms with Crippen molar-refractivity contribution in [2.45, 2.75) is 20.0 Å². The normalized spacial score (nSPS) is 13.2. The Morgan fingerprint density at radius 1 is 1.22 bits per heavy atom.